The molecule has 0 saturated carbocycles. The monoisotopic (exact) mass is 445 g/mol. The van der Waals surface area contributed by atoms with E-state index in [0.29, 0.717) is 28.6 Å². The molecule has 1 N–H and O–H groups in total. The van der Waals surface area contributed by atoms with Crippen LogP contribution in [-0.4, -0.2) is 42.4 Å². The van der Waals surface area contributed by atoms with Crippen LogP contribution in [0.4, 0.5) is 11.4 Å². The van der Waals surface area contributed by atoms with Gasteiger partial charge in [0.05, 0.1) is 10.6 Å². The highest BCUT2D eigenvalue weighted by molar-refractivity contribution is 6.35. The van der Waals surface area contributed by atoms with Crippen molar-refractivity contribution < 1.29 is 9.59 Å². The second-order valence-corrected chi connectivity index (χ2v) is 8.71. The lowest BCUT2D eigenvalue weighted by Crippen LogP contribution is -2.43. The minimum absolute atomic E-state index is 0.176. The average molecular weight is 446 g/mol. The lowest BCUT2D eigenvalue weighted by Gasteiger charge is -2.29. The van der Waals surface area contributed by atoms with Gasteiger partial charge in [0.2, 0.25) is 5.91 Å². The number of benzene rings is 2. The van der Waals surface area contributed by atoms with Gasteiger partial charge in [0.25, 0.3) is 5.91 Å². The van der Waals surface area contributed by atoms with Crippen molar-refractivity contribution in [3.63, 3.8) is 0 Å². The average Bonchev–Trinajstić information content (AvgIpc) is 3.26. The molecule has 0 aliphatic carbocycles. The fraction of sp³-hybridized carbons (Fsp3) is 0.391. The number of carbonyl (C=O) groups excluding carboxylic acids is 2. The lowest BCUT2D eigenvalue weighted by molar-refractivity contribution is -0.119. The number of piperidine rings is 1. The third-order valence-electron chi connectivity index (χ3n) is 5.83. The van der Waals surface area contributed by atoms with Crippen LogP contribution in [0, 0.1) is 0 Å². The summed E-state index contributed by atoms with van der Waals surface area (Å²) >= 11 is 12.2. The molecule has 1 atom stereocenters. The third kappa shape index (κ3) is 4.57. The van der Waals surface area contributed by atoms with Crippen molar-refractivity contribution in [2.75, 3.05) is 29.9 Å². The summed E-state index contributed by atoms with van der Waals surface area (Å²) in [6, 6.07) is 12.2. The van der Waals surface area contributed by atoms with E-state index in [4.69, 9.17) is 23.2 Å². The zero-order valence-corrected chi connectivity index (χ0v) is 18.3. The first-order valence-corrected chi connectivity index (χ1v) is 11.2. The molecule has 0 spiro atoms. The van der Waals surface area contributed by atoms with E-state index >= 15 is 0 Å². The first kappa shape index (κ1) is 21.0. The van der Waals surface area contributed by atoms with Gasteiger partial charge in [-0.25, -0.2) is 0 Å². The number of amides is 2. The second kappa shape index (κ2) is 9.27. The summed E-state index contributed by atoms with van der Waals surface area (Å²) < 4.78 is 0. The zero-order chi connectivity index (χ0) is 21.1. The van der Waals surface area contributed by atoms with Crippen LogP contribution in [0.1, 0.15) is 42.5 Å². The van der Waals surface area contributed by atoms with Crippen molar-refractivity contribution in [2.24, 2.45) is 0 Å². The number of nitrogens with zero attached hydrogens (tertiary/aromatic N) is 2. The predicted molar refractivity (Wildman–Crippen MR) is 122 cm³/mol. The molecule has 30 heavy (non-hydrogen) atoms. The van der Waals surface area contributed by atoms with E-state index in [1.807, 2.05) is 24.3 Å². The molecule has 0 radical (unpaired) electrons. The van der Waals surface area contributed by atoms with Crippen molar-refractivity contribution in [1.82, 2.24) is 4.90 Å². The Hall–Kier alpha value is -2.24. The van der Waals surface area contributed by atoms with Crippen LogP contribution in [0.3, 0.4) is 0 Å². The summed E-state index contributed by atoms with van der Waals surface area (Å²) in [6.45, 7) is 2.68. The summed E-state index contributed by atoms with van der Waals surface area (Å²) in [7, 11) is 0. The minimum atomic E-state index is -0.519. The van der Waals surface area contributed by atoms with Crippen LogP contribution in [0.15, 0.2) is 42.5 Å². The number of nitrogens with one attached hydrogen (secondary N) is 1. The molecule has 2 aliphatic rings. The summed E-state index contributed by atoms with van der Waals surface area (Å²) in [5.74, 6) is -0.440. The molecule has 2 saturated heterocycles. The molecule has 2 heterocycles. The van der Waals surface area contributed by atoms with Crippen LogP contribution in [0.2, 0.25) is 10.0 Å². The Labute approximate surface area is 186 Å². The Balaban J connectivity index is 1.43. The second-order valence-electron chi connectivity index (χ2n) is 7.86. The Morgan fingerprint density at radius 3 is 2.37 bits per heavy atom. The van der Waals surface area contributed by atoms with E-state index in [-0.39, 0.29) is 11.8 Å². The van der Waals surface area contributed by atoms with Gasteiger partial charge in [0, 0.05) is 36.0 Å². The third-order valence-corrected chi connectivity index (χ3v) is 6.40. The number of anilines is 2. The van der Waals surface area contributed by atoms with E-state index in [0.717, 1.165) is 25.2 Å². The number of likely N-dealkylation sites (tertiary alicyclic amines) is 1. The van der Waals surface area contributed by atoms with Gasteiger partial charge in [-0.3, -0.25) is 9.59 Å². The smallest absolute Gasteiger partial charge is 0.256 e. The number of rotatable bonds is 4. The van der Waals surface area contributed by atoms with E-state index in [1.165, 1.54) is 24.9 Å². The molecule has 158 valence electrons. The van der Waals surface area contributed by atoms with Crippen LogP contribution in [-0.2, 0) is 4.79 Å². The number of carbonyl (C=O) groups is 2. The number of hydrogen-bond donors (Lipinski definition) is 1. The molecule has 5 nitrogen and oxygen atoms in total. The molecule has 7 heteroatoms. The zero-order valence-electron chi connectivity index (χ0n) is 16.7. The van der Waals surface area contributed by atoms with E-state index < -0.39 is 6.04 Å². The molecule has 0 aromatic heterocycles. The van der Waals surface area contributed by atoms with Gasteiger partial charge < -0.3 is 15.1 Å². The van der Waals surface area contributed by atoms with E-state index in [9.17, 15) is 9.59 Å². The highest BCUT2D eigenvalue weighted by Gasteiger charge is 2.35. The predicted octanol–water partition coefficient (Wildman–Crippen LogP) is 5.23. The van der Waals surface area contributed by atoms with Crippen molar-refractivity contribution in [3.8, 4) is 0 Å². The molecule has 2 amide bonds. The minimum Gasteiger partial charge on any atom is -0.372 e. The highest BCUT2D eigenvalue weighted by atomic mass is 35.5. The summed E-state index contributed by atoms with van der Waals surface area (Å²) in [5.41, 5.74) is 2.25. The Morgan fingerprint density at radius 2 is 1.63 bits per heavy atom. The molecule has 0 bridgehead atoms. The van der Waals surface area contributed by atoms with Crippen molar-refractivity contribution in [2.45, 2.75) is 38.1 Å². The maximum atomic E-state index is 13.0. The van der Waals surface area contributed by atoms with Crippen LogP contribution >= 0.6 is 23.2 Å². The van der Waals surface area contributed by atoms with Gasteiger partial charge in [-0.1, -0.05) is 23.2 Å². The van der Waals surface area contributed by atoms with Crippen LogP contribution in [0.5, 0.6) is 0 Å². The van der Waals surface area contributed by atoms with Gasteiger partial charge in [-0.05, 0) is 74.6 Å². The van der Waals surface area contributed by atoms with Gasteiger partial charge in [-0.2, -0.15) is 0 Å². The van der Waals surface area contributed by atoms with Crippen LogP contribution in [0.25, 0.3) is 0 Å². The fourth-order valence-electron chi connectivity index (χ4n) is 4.23. The topological polar surface area (TPSA) is 52.7 Å². The fourth-order valence-corrected chi connectivity index (χ4v) is 4.60. The highest BCUT2D eigenvalue weighted by Crippen LogP contribution is 2.27. The molecule has 2 fully saturated rings. The number of halogens is 2. The molecule has 4 rings (SSSR count). The molecular formula is C23H25Cl2N3O2. The van der Waals surface area contributed by atoms with Gasteiger partial charge >= 0.3 is 0 Å². The van der Waals surface area contributed by atoms with E-state index in [1.54, 1.807) is 23.1 Å². The normalized spacial score (nSPS) is 19.1. The standard InChI is InChI=1S/C23H25Cl2N3O2/c24-16-6-11-20(25)19(15-16)23(30)28-14-4-5-21(28)22(29)26-17-7-9-18(10-8-17)27-12-2-1-3-13-27/h6-11,15,21H,1-5,12-14H2,(H,26,29). The Kier molecular flexibility index (Phi) is 6.49. The van der Waals surface area contributed by atoms with Crippen molar-refractivity contribution in [1.29, 1.82) is 0 Å². The molecule has 2 aliphatic heterocycles. The van der Waals surface area contributed by atoms with Crippen LogP contribution < -0.4 is 10.2 Å². The lowest BCUT2D eigenvalue weighted by atomic mass is 10.1. The van der Waals surface area contributed by atoms with Crippen molar-refractivity contribution in [3.05, 3.63) is 58.1 Å². The molecule has 2 aromatic rings. The summed E-state index contributed by atoms with van der Waals surface area (Å²) in [4.78, 5) is 29.9. The van der Waals surface area contributed by atoms with Gasteiger partial charge in [0.1, 0.15) is 6.04 Å². The van der Waals surface area contributed by atoms with Gasteiger partial charge in [-0.15, -0.1) is 0 Å². The maximum absolute atomic E-state index is 13.0. The first-order valence-electron chi connectivity index (χ1n) is 10.4. The summed E-state index contributed by atoms with van der Waals surface area (Å²) in [6.07, 6.45) is 5.14. The quantitative estimate of drug-likeness (QED) is 0.700. The SMILES string of the molecule is O=C(Nc1ccc(N2CCCCC2)cc1)C1CCCN1C(=O)c1cc(Cl)ccc1Cl. The molecular weight excluding hydrogens is 421 g/mol. The Bertz CT molecular complexity index is 927. The maximum Gasteiger partial charge on any atom is 0.256 e. The largest absolute Gasteiger partial charge is 0.372 e. The molecule has 2 aromatic carbocycles. The first-order chi connectivity index (χ1) is 14.5. The molecule has 1 unspecified atom stereocenters. The summed E-state index contributed by atoms with van der Waals surface area (Å²) in [5, 5.41) is 3.74. The van der Waals surface area contributed by atoms with E-state index in [2.05, 4.69) is 10.2 Å². The van der Waals surface area contributed by atoms with Gasteiger partial charge in [0.15, 0.2) is 0 Å². The number of hydrogen-bond acceptors (Lipinski definition) is 3. The van der Waals surface area contributed by atoms with Crippen molar-refractivity contribution >= 4 is 46.4 Å². The Morgan fingerprint density at radius 1 is 0.900 bits per heavy atom.